The van der Waals surface area contributed by atoms with Crippen LogP contribution in [-0.4, -0.2) is 10.7 Å². The molecule has 3 nitrogen and oxygen atoms in total. The highest BCUT2D eigenvalue weighted by Gasteiger charge is 2.32. The lowest BCUT2D eigenvalue weighted by molar-refractivity contribution is -0.115. The Kier molecular flexibility index (Phi) is 5.34. The van der Waals surface area contributed by atoms with Crippen LogP contribution in [0.2, 0.25) is 0 Å². The second-order valence-corrected chi connectivity index (χ2v) is 9.20. The van der Waals surface area contributed by atoms with E-state index in [-0.39, 0.29) is 16.1 Å². The van der Waals surface area contributed by atoms with E-state index in [1.54, 1.807) is 11.3 Å². The number of thiophene rings is 1. The molecule has 0 unspecified atom stereocenters. The van der Waals surface area contributed by atoms with Gasteiger partial charge in [0.05, 0.1) is 10.4 Å². The minimum absolute atomic E-state index is 0.0648. The van der Waals surface area contributed by atoms with Crippen LogP contribution in [0.5, 0.6) is 0 Å². The molecule has 1 aromatic rings. The summed E-state index contributed by atoms with van der Waals surface area (Å²) in [6.07, 6.45) is 3.80. The molecular formula is C17H23BrN2OS. The number of alkyl halides is 1. The average Bonchev–Trinajstić information content (AvgIpc) is 2.81. The Morgan fingerprint density at radius 3 is 2.77 bits per heavy atom. The van der Waals surface area contributed by atoms with Crippen LogP contribution in [0.15, 0.2) is 0 Å². The van der Waals surface area contributed by atoms with E-state index in [0.717, 1.165) is 36.2 Å². The van der Waals surface area contributed by atoms with Crippen LogP contribution in [0.3, 0.4) is 0 Å². The van der Waals surface area contributed by atoms with E-state index >= 15 is 0 Å². The number of hydrogen-bond donors (Lipinski definition) is 1. The molecule has 0 saturated carbocycles. The van der Waals surface area contributed by atoms with Crippen molar-refractivity contribution in [1.29, 1.82) is 5.26 Å². The van der Waals surface area contributed by atoms with E-state index in [0.29, 0.717) is 11.5 Å². The summed E-state index contributed by atoms with van der Waals surface area (Å²) in [7, 11) is 0. The maximum Gasteiger partial charge on any atom is 0.238 e. The zero-order valence-corrected chi connectivity index (χ0v) is 16.0. The molecule has 0 radical (unpaired) electrons. The van der Waals surface area contributed by atoms with Gasteiger partial charge in [-0.25, -0.2) is 0 Å². The molecule has 1 aliphatic carbocycles. The Bertz CT molecular complexity index is 609. The van der Waals surface area contributed by atoms with Crippen molar-refractivity contribution in [3.63, 3.8) is 0 Å². The number of anilines is 1. The smallest absolute Gasteiger partial charge is 0.238 e. The standard InChI is InChI=1S/C17H23BrN2OS/c1-5-13(18)15(21)20-16-12(9-19)11-7-6-10(17(2,3)4)8-14(11)22-16/h10,13H,5-8H2,1-4H3,(H,20,21)/t10-,13-/m0/s1. The van der Waals surface area contributed by atoms with Crippen LogP contribution in [-0.2, 0) is 17.6 Å². The molecule has 0 saturated heterocycles. The van der Waals surface area contributed by atoms with Crippen molar-refractivity contribution in [3.8, 4) is 6.07 Å². The average molecular weight is 383 g/mol. The Balaban J connectivity index is 2.27. The lowest BCUT2D eigenvalue weighted by Crippen LogP contribution is -2.26. The number of fused-ring (bicyclic) bond motifs is 1. The highest BCUT2D eigenvalue weighted by Crippen LogP contribution is 2.44. The summed E-state index contributed by atoms with van der Waals surface area (Å²) in [5.41, 5.74) is 2.11. The molecule has 1 aliphatic rings. The van der Waals surface area contributed by atoms with Crippen molar-refractivity contribution in [3.05, 3.63) is 16.0 Å². The molecule has 1 aromatic heterocycles. The molecule has 1 N–H and O–H groups in total. The van der Waals surface area contributed by atoms with Crippen molar-refractivity contribution >= 4 is 38.2 Å². The SMILES string of the molecule is CC[C@H](Br)C(=O)Nc1sc2c(c1C#N)CC[C@H](C(C)(C)C)C2. The summed E-state index contributed by atoms with van der Waals surface area (Å²) >= 11 is 4.95. The topological polar surface area (TPSA) is 52.9 Å². The van der Waals surface area contributed by atoms with Crippen molar-refractivity contribution < 1.29 is 4.79 Å². The quantitative estimate of drug-likeness (QED) is 0.756. The fourth-order valence-electron chi connectivity index (χ4n) is 2.91. The summed E-state index contributed by atoms with van der Waals surface area (Å²) in [4.78, 5) is 13.2. The predicted molar refractivity (Wildman–Crippen MR) is 95.6 cm³/mol. The number of halogens is 1. The highest BCUT2D eigenvalue weighted by atomic mass is 79.9. The van der Waals surface area contributed by atoms with Crippen molar-refractivity contribution in [1.82, 2.24) is 0 Å². The van der Waals surface area contributed by atoms with Crippen LogP contribution in [0.4, 0.5) is 5.00 Å². The zero-order chi connectivity index (χ0) is 16.5. The molecule has 0 fully saturated rings. The number of nitriles is 1. The predicted octanol–water partition coefficient (Wildman–Crippen LogP) is 4.88. The first-order valence-electron chi connectivity index (χ1n) is 7.77. The van der Waals surface area contributed by atoms with E-state index in [2.05, 4.69) is 48.1 Å². The highest BCUT2D eigenvalue weighted by molar-refractivity contribution is 9.10. The zero-order valence-electron chi connectivity index (χ0n) is 13.6. The number of hydrogen-bond acceptors (Lipinski definition) is 3. The van der Waals surface area contributed by atoms with Gasteiger partial charge in [0.25, 0.3) is 0 Å². The Morgan fingerprint density at radius 1 is 1.55 bits per heavy atom. The van der Waals surface area contributed by atoms with Crippen molar-refractivity contribution in [2.45, 2.75) is 58.2 Å². The number of carbonyl (C=O) groups excluding carboxylic acids is 1. The van der Waals surface area contributed by atoms with Crippen LogP contribution >= 0.6 is 27.3 Å². The molecule has 1 heterocycles. The van der Waals surface area contributed by atoms with Crippen molar-refractivity contribution in [2.75, 3.05) is 5.32 Å². The number of amides is 1. The van der Waals surface area contributed by atoms with Gasteiger partial charge in [-0.2, -0.15) is 5.26 Å². The molecule has 120 valence electrons. The molecule has 0 aliphatic heterocycles. The van der Waals surface area contributed by atoms with E-state index < -0.39 is 0 Å². The van der Waals surface area contributed by atoms with Gasteiger partial charge in [-0.15, -0.1) is 11.3 Å². The summed E-state index contributed by atoms with van der Waals surface area (Å²) in [6, 6.07) is 2.30. The molecule has 1 amide bonds. The third-order valence-corrected chi connectivity index (χ3v) is 6.71. The first-order valence-corrected chi connectivity index (χ1v) is 9.50. The minimum Gasteiger partial charge on any atom is -0.316 e. The van der Waals surface area contributed by atoms with Crippen molar-refractivity contribution in [2.24, 2.45) is 11.3 Å². The van der Waals surface area contributed by atoms with Gasteiger partial charge in [0.15, 0.2) is 0 Å². The first-order chi connectivity index (χ1) is 10.3. The molecule has 2 atom stereocenters. The second-order valence-electron chi connectivity index (χ2n) is 6.99. The van der Waals surface area contributed by atoms with Gasteiger partial charge in [-0.05, 0) is 42.6 Å². The van der Waals surface area contributed by atoms with E-state index in [4.69, 9.17) is 0 Å². The largest absolute Gasteiger partial charge is 0.316 e. The third-order valence-electron chi connectivity index (χ3n) is 4.48. The molecule has 0 aromatic carbocycles. The number of nitrogens with one attached hydrogen (secondary N) is 1. The van der Waals surface area contributed by atoms with E-state index in [9.17, 15) is 10.1 Å². The van der Waals surface area contributed by atoms with Gasteiger partial charge in [0.1, 0.15) is 11.1 Å². The molecular weight excluding hydrogens is 360 g/mol. The monoisotopic (exact) mass is 382 g/mol. The Hall–Kier alpha value is -0.860. The first kappa shape index (κ1) is 17.5. The minimum atomic E-state index is -0.208. The van der Waals surface area contributed by atoms with Gasteiger partial charge >= 0.3 is 0 Å². The lowest BCUT2D eigenvalue weighted by atomic mass is 9.72. The van der Waals surface area contributed by atoms with Crippen LogP contribution in [0, 0.1) is 22.7 Å². The van der Waals surface area contributed by atoms with Crippen LogP contribution < -0.4 is 5.32 Å². The van der Waals surface area contributed by atoms with Gasteiger partial charge in [-0.1, -0.05) is 43.6 Å². The summed E-state index contributed by atoms with van der Waals surface area (Å²) < 4.78 is 0. The van der Waals surface area contributed by atoms with Gasteiger partial charge in [0, 0.05) is 4.88 Å². The normalized spacial score (nSPS) is 19.2. The molecule has 22 heavy (non-hydrogen) atoms. The molecule has 2 rings (SSSR count). The Labute approximate surface area is 145 Å². The Morgan fingerprint density at radius 2 is 2.23 bits per heavy atom. The summed E-state index contributed by atoms with van der Waals surface area (Å²) in [5.74, 6) is 0.568. The van der Waals surface area contributed by atoms with Crippen LogP contribution in [0.25, 0.3) is 0 Å². The third kappa shape index (κ3) is 3.55. The lowest BCUT2D eigenvalue weighted by Gasteiger charge is -2.33. The van der Waals surface area contributed by atoms with Gasteiger partial charge < -0.3 is 5.32 Å². The molecule has 5 heteroatoms. The number of carbonyl (C=O) groups is 1. The van der Waals surface area contributed by atoms with Crippen LogP contribution in [0.1, 0.15) is 56.5 Å². The van der Waals surface area contributed by atoms with Gasteiger partial charge in [-0.3, -0.25) is 4.79 Å². The second kappa shape index (κ2) is 6.72. The summed E-state index contributed by atoms with van der Waals surface area (Å²) in [6.45, 7) is 8.79. The molecule has 0 spiro atoms. The maximum absolute atomic E-state index is 12.1. The summed E-state index contributed by atoms with van der Waals surface area (Å²) in [5, 5.41) is 13.2. The molecule has 0 bridgehead atoms. The van der Waals surface area contributed by atoms with E-state index in [1.165, 1.54) is 4.88 Å². The van der Waals surface area contributed by atoms with E-state index in [1.807, 2.05) is 6.92 Å². The fourth-order valence-corrected chi connectivity index (χ4v) is 4.30. The maximum atomic E-state index is 12.1. The number of rotatable bonds is 3. The number of nitrogens with zero attached hydrogens (tertiary/aromatic N) is 1. The van der Waals surface area contributed by atoms with Gasteiger partial charge in [0.2, 0.25) is 5.91 Å². The fraction of sp³-hybridized carbons (Fsp3) is 0.647.